The third kappa shape index (κ3) is 14800. The zero-order valence-corrected chi connectivity index (χ0v) is 8.22. The molecule has 0 radical (unpaired) electrons. The van der Waals surface area contributed by atoms with Gasteiger partial charge in [-0.15, -0.1) is 0 Å². The van der Waals surface area contributed by atoms with Crippen LogP contribution in [0.15, 0.2) is 0 Å². The molecule has 0 saturated heterocycles. The number of rotatable bonds is 0. The van der Waals surface area contributed by atoms with Crippen molar-refractivity contribution in [1.29, 1.82) is 0 Å². The first-order valence-electron chi connectivity index (χ1n) is 1.30. The molecule has 0 aliphatic carbocycles. The van der Waals surface area contributed by atoms with Gasteiger partial charge in [-0.05, 0) is 0 Å². The Hall–Kier alpha value is -0.135. The fourth-order valence-corrected chi connectivity index (χ4v) is 0. The molecule has 0 rings (SSSR count). The van der Waals surface area contributed by atoms with Crippen LogP contribution < -0.4 is 0 Å². The Labute approximate surface area is 81.8 Å². The van der Waals surface area contributed by atoms with E-state index in [-0.39, 0.29) is 39.9 Å². The molecule has 0 atom stereocenters. The Kier molecular flexibility index (Phi) is 19.1. The Morgan fingerprint density at radius 3 is 0.778 bits per heavy atom. The van der Waals surface area contributed by atoms with Crippen LogP contribution >= 0.6 is 0 Å². The average molecular weight is 356 g/mol. The summed E-state index contributed by atoms with van der Waals surface area (Å²) in [6.07, 6.45) is -3.67. The molecule has 0 saturated carbocycles. The molecule has 0 spiro atoms. The van der Waals surface area contributed by atoms with Crippen molar-refractivity contribution in [1.82, 2.24) is 0 Å². The van der Waals surface area contributed by atoms with E-state index in [0.29, 0.717) is 0 Å². The van der Waals surface area contributed by atoms with Crippen LogP contribution in [0.5, 0.6) is 0 Å². The summed E-state index contributed by atoms with van der Waals surface area (Å²) in [5, 5.41) is 27.9. The summed E-state index contributed by atoms with van der Waals surface area (Å²) in [4.78, 5) is 17.1. The Morgan fingerprint density at radius 2 is 0.778 bits per heavy atom. The molecule has 0 aliphatic heterocycles. The summed E-state index contributed by atoms with van der Waals surface area (Å²) in [6, 6.07) is 0. The molecule has 4 N–H and O–H groups in total. The molecule has 0 fully saturated rings. The van der Waals surface area contributed by atoms with E-state index >= 15 is 0 Å². The first-order valence-corrected chi connectivity index (χ1v) is 1.30. The normalized spacial score (nSPS) is 5.33. The van der Waals surface area contributed by atoms with Crippen molar-refractivity contribution < 1.29 is 70.0 Å². The maximum absolute atomic E-state index is 8.56. The minimum absolute atomic E-state index is 0. The van der Waals surface area contributed by atoms with E-state index in [1.165, 1.54) is 0 Å². The maximum Gasteiger partial charge on any atom is 0.503 e. The molecule has 0 bridgehead atoms. The minimum atomic E-state index is -1.83. The van der Waals surface area contributed by atoms with Gasteiger partial charge in [0.15, 0.2) is 0 Å². The average Bonchev–Trinajstić information content (AvgIpc) is 1.25. The van der Waals surface area contributed by atoms with Crippen molar-refractivity contribution in [3.63, 3.8) is 0 Å². The van der Waals surface area contributed by atoms with Crippen LogP contribution in [0.25, 0.3) is 0 Å². The fourth-order valence-electron chi connectivity index (χ4n) is 0. The van der Waals surface area contributed by atoms with E-state index in [4.69, 9.17) is 30.0 Å². The Bertz CT molecular complexity index is 69.1. The van der Waals surface area contributed by atoms with Crippen LogP contribution in [0.2, 0.25) is 0 Å². The molecular formula is C2H4O6Th. The topological polar surface area (TPSA) is 115 Å². The van der Waals surface area contributed by atoms with Crippen molar-refractivity contribution in [2.75, 3.05) is 0 Å². The largest absolute Gasteiger partial charge is 0.503 e. The van der Waals surface area contributed by atoms with Gasteiger partial charge in [-0.25, -0.2) is 9.59 Å². The Balaban J connectivity index is -0.0000000720. The maximum atomic E-state index is 8.56. The number of hydrogen-bond donors (Lipinski definition) is 4. The van der Waals surface area contributed by atoms with E-state index < -0.39 is 12.3 Å². The van der Waals surface area contributed by atoms with Gasteiger partial charge in [0, 0.05) is 39.9 Å². The van der Waals surface area contributed by atoms with Crippen molar-refractivity contribution in [2.45, 2.75) is 0 Å². The van der Waals surface area contributed by atoms with Gasteiger partial charge in [-0.2, -0.15) is 0 Å². The number of carboxylic acid groups (broad SMARTS) is 4. The van der Waals surface area contributed by atoms with E-state index in [1.54, 1.807) is 0 Å². The van der Waals surface area contributed by atoms with Gasteiger partial charge in [0.2, 0.25) is 0 Å². The van der Waals surface area contributed by atoms with Gasteiger partial charge in [-0.1, -0.05) is 0 Å². The van der Waals surface area contributed by atoms with E-state index in [2.05, 4.69) is 0 Å². The van der Waals surface area contributed by atoms with Crippen LogP contribution in [-0.4, -0.2) is 32.7 Å². The van der Waals surface area contributed by atoms with Gasteiger partial charge in [-0.3, -0.25) is 0 Å². The molecule has 0 heterocycles. The van der Waals surface area contributed by atoms with E-state index in [9.17, 15) is 0 Å². The molecule has 7 heteroatoms. The van der Waals surface area contributed by atoms with E-state index in [0.717, 1.165) is 0 Å². The summed E-state index contributed by atoms with van der Waals surface area (Å²) in [5.74, 6) is 0. The first-order chi connectivity index (χ1) is 3.46. The molecule has 6 nitrogen and oxygen atoms in total. The summed E-state index contributed by atoms with van der Waals surface area (Å²) >= 11 is 0. The second-order valence-electron chi connectivity index (χ2n) is 0.565. The van der Waals surface area contributed by atoms with Crippen molar-refractivity contribution in [2.24, 2.45) is 0 Å². The van der Waals surface area contributed by atoms with Crippen molar-refractivity contribution in [3.05, 3.63) is 0 Å². The van der Waals surface area contributed by atoms with Crippen LogP contribution in [0.3, 0.4) is 0 Å². The number of carbonyl (C=O) groups is 2. The van der Waals surface area contributed by atoms with Crippen molar-refractivity contribution >= 4 is 12.3 Å². The third-order valence-electron chi connectivity index (χ3n) is 0. The van der Waals surface area contributed by atoms with Crippen LogP contribution in [-0.2, 0) is 0 Å². The van der Waals surface area contributed by atoms with Crippen LogP contribution in [0, 0.1) is 39.9 Å². The molecule has 0 aromatic rings. The minimum Gasteiger partial charge on any atom is -0.450 e. The van der Waals surface area contributed by atoms with Gasteiger partial charge in [0.1, 0.15) is 0 Å². The fraction of sp³-hybridized carbons (Fsp3) is 0. The van der Waals surface area contributed by atoms with Gasteiger partial charge in [0.05, 0.1) is 0 Å². The molecule has 0 aromatic heterocycles. The molecule has 9 heavy (non-hydrogen) atoms. The summed E-state index contributed by atoms with van der Waals surface area (Å²) < 4.78 is 0. The third-order valence-corrected chi connectivity index (χ3v) is 0. The second kappa shape index (κ2) is 10.8. The summed E-state index contributed by atoms with van der Waals surface area (Å²) in [7, 11) is 0. The van der Waals surface area contributed by atoms with Crippen LogP contribution in [0.4, 0.5) is 9.59 Å². The predicted octanol–water partition coefficient (Wildman–Crippen LogP) is 0.445. The van der Waals surface area contributed by atoms with E-state index in [1.807, 2.05) is 0 Å². The van der Waals surface area contributed by atoms with Crippen molar-refractivity contribution in [3.8, 4) is 0 Å². The van der Waals surface area contributed by atoms with Gasteiger partial charge in [0.25, 0.3) is 0 Å². The molecule has 0 unspecified atom stereocenters. The zero-order valence-electron chi connectivity index (χ0n) is 4.11. The summed E-state index contributed by atoms with van der Waals surface area (Å²) in [5.41, 5.74) is 0. The molecule has 0 aromatic carbocycles. The molecule has 0 amide bonds. The summed E-state index contributed by atoms with van der Waals surface area (Å²) in [6.45, 7) is 0. The van der Waals surface area contributed by atoms with Gasteiger partial charge < -0.3 is 20.4 Å². The standard InChI is InChI=1S/2CH2O3.Th/c2*2-1(3)4;/h2*(H2,2,3,4);. The molecule has 52 valence electrons. The first kappa shape index (κ1) is 15.9. The van der Waals surface area contributed by atoms with Crippen LogP contribution in [0.1, 0.15) is 0 Å². The predicted molar refractivity (Wildman–Crippen MR) is 21.3 cm³/mol. The zero-order chi connectivity index (χ0) is 7.15. The number of hydrogen-bond acceptors (Lipinski definition) is 2. The quantitative estimate of drug-likeness (QED) is 0.501. The Morgan fingerprint density at radius 1 is 0.778 bits per heavy atom. The molecular weight excluding hydrogens is 352 g/mol. The van der Waals surface area contributed by atoms with Gasteiger partial charge >= 0.3 is 12.3 Å². The molecule has 0 aliphatic rings. The SMILES string of the molecule is O=C(O)O.O=C(O)O.[Th]. The second-order valence-corrected chi connectivity index (χ2v) is 0.565. The smallest absolute Gasteiger partial charge is 0.450 e. The monoisotopic (exact) mass is 356 g/mol.